The van der Waals surface area contributed by atoms with Crippen molar-refractivity contribution in [2.75, 3.05) is 17.7 Å². The number of esters is 1. The minimum atomic E-state index is -0.594. The lowest BCUT2D eigenvalue weighted by atomic mass is 10.0. The van der Waals surface area contributed by atoms with Gasteiger partial charge < -0.3 is 21.6 Å². The first-order chi connectivity index (χ1) is 17.1. The number of pyridine rings is 1. The Labute approximate surface area is 209 Å². The molecule has 0 aliphatic carbocycles. The number of nitrogens with two attached hydrogens (primary N) is 3. The molecule has 0 bridgehead atoms. The van der Waals surface area contributed by atoms with Crippen molar-refractivity contribution in [2.24, 2.45) is 16.8 Å². The Bertz CT molecular complexity index is 1180. The number of amides is 1. The molecular weight excluding hydrogens is 465 g/mol. The fourth-order valence-corrected chi connectivity index (χ4v) is 3.25. The summed E-state index contributed by atoms with van der Waals surface area (Å²) in [4.78, 5) is 27.7. The number of hydrazone groups is 1. The maximum atomic E-state index is 14.3. The highest BCUT2D eigenvalue weighted by Crippen LogP contribution is 2.26. The molecule has 1 aromatic carbocycles. The summed E-state index contributed by atoms with van der Waals surface area (Å²) >= 11 is 0. The normalized spacial score (nSPS) is 13.2. The fourth-order valence-electron chi connectivity index (χ4n) is 3.25. The summed E-state index contributed by atoms with van der Waals surface area (Å²) in [7, 11) is 0. The van der Waals surface area contributed by atoms with Crippen molar-refractivity contribution in [3.63, 3.8) is 0 Å². The monoisotopic (exact) mass is 497 g/mol. The van der Waals surface area contributed by atoms with Crippen LogP contribution in [0.5, 0.6) is 0 Å². The van der Waals surface area contributed by atoms with Gasteiger partial charge in [0.2, 0.25) is 5.91 Å². The third-order valence-electron chi connectivity index (χ3n) is 5.37. The van der Waals surface area contributed by atoms with Gasteiger partial charge in [0.25, 0.3) is 0 Å². The molecule has 0 saturated carbocycles. The van der Waals surface area contributed by atoms with E-state index in [1.807, 2.05) is 0 Å². The van der Waals surface area contributed by atoms with Gasteiger partial charge in [-0.1, -0.05) is 18.2 Å². The highest BCUT2D eigenvalue weighted by molar-refractivity contribution is 6.03. The molecule has 0 spiro atoms. The van der Waals surface area contributed by atoms with Crippen LogP contribution in [0.15, 0.2) is 65.2 Å². The topological polar surface area (TPSA) is 162 Å². The largest absolute Gasteiger partial charge is 0.466 e. The van der Waals surface area contributed by atoms with E-state index < -0.39 is 23.7 Å². The first-order valence-corrected chi connectivity index (χ1v) is 11.2. The maximum absolute atomic E-state index is 14.3. The van der Waals surface area contributed by atoms with Crippen LogP contribution >= 0.6 is 0 Å². The molecule has 1 aromatic heterocycles. The molecule has 11 heteroatoms. The van der Waals surface area contributed by atoms with E-state index in [0.717, 1.165) is 5.56 Å². The highest BCUT2D eigenvalue weighted by atomic mass is 19.1. The summed E-state index contributed by atoms with van der Waals surface area (Å²) in [5, 5.41) is 7.67. The molecule has 0 saturated heterocycles. The quantitative estimate of drug-likeness (QED) is 0.0780. The smallest absolute Gasteiger partial charge is 0.315 e. The zero-order chi connectivity index (χ0) is 26.8. The molecule has 192 valence electrons. The lowest BCUT2D eigenvalue weighted by Gasteiger charge is -2.28. The lowest BCUT2D eigenvalue weighted by molar-refractivity contribution is -0.145. The molecule has 0 fully saturated rings. The zero-order valence-corrected chi connectivity index (χ0v) is 20.8. The van der Waals surface area contributed by atoms with E-state index in [4.69, 9.17) is 22.2 Å². The fraction of sp³-hybridized carbons (Fsp3) is 0.280. The maximum Gasteiger partial charge on any atom is 0.315 e. The molecule has 0 aliphatic heterocycles. The van der Waals surface area contributed by atoms with E-state index >= 15 is 0 Å². The van der Waals surface area contributed by atoms with Gasteiger partial charge in [-0.15, -0.1) is 0 Å². The standard InChI is InChI=1S/C25H32FN7O3/c1-5-7-21(26)15(3)16(4)33(29)25(32-28)20-12-18(14-30-24(20)27)17-8-10-19(11-9-17)31-22(34)13-23(35)36-6-2/h5,7-12,14,16H,6,13,28-29H2,1-4H3,(H2,27,30)(H,31,34)/b7-5-,21-15+,32-25-. The van der Waals surface area contributed by atoms with Gasteiger partial charge in [-0.25, -0.2) is 15.2 Å². The van der Waals surface area contributed by atoms with Gasteiger partial charge in [0.1, 0.15) is 18.1 Å². The molecule has 36 heavy (non-hydrogen) atoms. The minimum absolute atomic E-state index is 0.129. The highest BCUT2D eigenvalue weighted by Gasteiger charge is 2.22. The Morgan fingerprint density at radius 2 is 1.94 bits per heavy atom. The third kappa shape index (κ3) is 7.12. The van der Waals surface area contributed by atoms with Crippen LogP contribution in [0.25, 0.3) is 11.1 Å². The number of halogens is 1. The first-order valence-electron chi connectivity index (χ1n) is 11.2. The van der Waals surface area contributed by atoms with E-state index in [2.05, 4.69) is 15.4 Å². The van der Waals surface area contributed by atoms with Crippen molar-refractivity contribution in [1.82, 2.24) is 9.99 Å². The number of anilines is 2. The van der Waals surface area contributed by atoms with Crippen molar-refractivity contribution in [3.05, 3.63) is 65.6 Å². The number of hydrazine groups is 1. The van der Waals surface area contributed by atoms with Crippen molar-refractivity contribution in [1.29, 1.82) is 0 Å². The Kier molecular flexibility index (Phi) is 10.1. The second kappa shape index (κ2) is 13.0. The average Bonchev–Trinajstić information content (AvgIpc) is 2.85. The summed E-state index contributed by atoms with van der Waals surface area (Å²) in [6.07, 6.45) is 4.14. The van der Waals surface area contributed by atoms with Crippen LogP contribution in [0.2, 0.25) is 0 Å². The number of hydrogen-bond acceptors (Lipinski definition) is 8. The van der Waals surface area contributed by atoms with Crippen LogP contribution in [0.3, 0.4) is 0 Å². The Morgan fingerprint density at radius 3 is 2.53 bits per heavy atom. The van der Waals surface area contributed by atoms with Crippen molar-refractivity contribution < 1.29 is 18.7 Å². The van der Waals surface area contributed by atoms with Gasteiger partial charge in [-0.2, -0.15) is 5.10 Å². The molecule has 2 aromatic rings. The second-order valence-corrected chi connectivity index (χ2v) is 7.83. The number of benzene rings is 1. The molecule has 7 N–H and O–H groups in total. The van der Waals surface area contributed by atoms with Gasteiger partial charge in [-0.05, 0) is 63.1 Å². The SMILES string of the molecule is C/C=C\C(F)=C(\C)C(C)N(N)/C(=N\N)c1cc(-c2ccc(NC(=O)CC(=O)OCC)cc2)cnc1N. The Morgan fingerprint density at radius 1 is 1.28 bits per heavy atom. The molecular formula is C25H32FN7O3. The van der Waals surface area contributed by atoms with Crippen LogP contribution in [0.1, 0.15) is 39.7 Å². The predicted octanol–water partition coefficient (Wildman–Crippen LogP) is 3.23. The molecule has 1 atom stereocenters. The Hall–Kier alpha value is -4.25. The molecule has 1 heterocycles. The van der Waals surface area contributed by atoms with Crippen molar-refractivity contribution >= 4 is 29.2 Å². The summed E-state index contributed by atoms with van der Waals surface area (Å²) in [5.74, 6) is 10.7. The zero-order valence-electron chi connectivity index (χ0n) is 20.8. The summed E-state index contributed by atoms with van der Waals surface area (Å²) in [6, 6.07) is 8.03. The van der Waals surface area contributed by atoms with Crippen LogP contribution in [0.4, 0.5) is 15.9 Å². The van der Waals surface area contributed by atoms with E-state index in [-0.39, 0.29) is 24.7 Å². The molecule has 1 amide bonds. The number of aromatic nitrogens is 1. The number of nitrogens with zero attached hydrogens (tertiary/aromatic N) is 3. The molecule has 2 rings (SSSR count). The van der Waals surface area contributed by atoms with Crippen LogP contribution < -0.4 is 22.7 Å². The number of ether oxygens (including phenoxy) is 1. The number of amidine groups is 1. The third-order valence-corrected chi connectivity index (χ3v) is 5.37. The number of carbonyl (C=O) groups excluding carboxylic acids is 2. The number of nitrogens with one attached hydrogen (secondary N) is 1. The molecule has 0 radical (unpaired) electrons. The summed E-state index contributed by atoms with van der Waals surface area (Å²) in [5.41, 5.74) is 8.80. The van der Waals surface area contributed by atoms with Gasteiger partial charge in [0.05, 0.1) is 18.2 Å². The Balaban J connectivity index is 2.28. The van der Waals surface area contributed by atoms with Crippen molar-refractivity contribution in [3.8, 4) is 11.1 Å². The number of nitrogen functional groups attached to an aromatic ring is 1. The number of carbonyl (C=O) groups is 2. The van der Waals surface area contributed by atoms with Gasteiger partial charge in [-0.3, -0.25) is 14.6 Å². The number of hydrogen-bond donors (Lipinski definition) is 4. The van der Waals surface area contributed by atoms with Gasteiger partial charge >= 0.3 is 5.97 Å². The number of rotatable bonds is 9. The molecule has 1 unspecified atom stereocenters. The second-order valence-electron chi connectivity index (χ2n) is 7.83. The van der Waals surface area contributed by atoms with Gasteiger partial charge in [0.15, 0.2) is 5.84 Å². The van der Waals surface area contributed by atoms with E-state index in [1.54, 1.807) is 70.3 Å². The van der Waals surface area contributed by atoms with Crippen LogP contribution in [-0.4, -0.2) is 40.4 Å². The minimum Gasteiger partial charge on any atom is -0.466 e. The lowest BCUT2D eigenvalue weighted by Crippen LogP contribution is -2.46. The van der Waals surface area contributed by atoms with Crippen LogP contribution in [-0.2, 0) is 14.3 Å². The predicted molar refractivity (Wildman–Crippen MR) is 139 cm³/mol. The molecule has 0 aliphatic rings. The first kappa shape index (κ1) is 28.0. The van der Waals surface area contributed by atoms with Crippen molar-refractivity contribution in [2.45, 2.75) is 40.2 Å². The van der Waals surface area contributed by atoms with E-state index in [9.17, 15) is 14.0 Å². The average molecular weight is 498 g/mol. The van der Waals surface area contributed by atoms with Gasteiger partial charge in [0, 0.05) is 17.4 Å². The molecule has 10 nitrogen and oxygen atoms in total. The van der Waals surface area contributed by atoms with Crippen LogP contribution in [0, 0.1) is 0 Å². The van der Waals surface area contributed by atoms with E-state index in [0.29, 0.717) is 22.4 Å². The summed E-state index contributed by atoms with van der Waals surface area (Å²) < 4.78 is 19.1. The van der Waals surface area contributed by atoms with E-state index in [1.165, 1.54) is 11.1 Å². The number of allylic oxidation sites excluding steroid dienone is 3. The summed E-state index contributed by atoms with van der Waals surface area (Å²) in [6.45, 7) is 6.93.